The number of carbonyl (C=O) groups excluding carboxylic acids is 2. The molecule has 0 saturated carbocycles. The van der Waals surface area contributed by atoms with Crippen molar-refractivity contribution in [3.8, 4) is 0 Å². The van der Waals surface area contributed by atoms with Crippen LogP contribution in [0.3, 0.4) is 0 Å². The molecule has 1 rings (SSSR count). The minimum Gasteiger partial charge on any atom is -0.352 e. The van der Waals surface area contributed by atoms with Gasteiger partial charge in [-0.25, -0.2) is 4.79 Å². The second-order valence-corrected chi connectivity index (χ2v) is 3.65. The molecule has 1 fully saturated rings. The maximum Gasteiger partial charge on any atom is 0.312 e. The number of nitrogens with two attached hydrogens (primary N) is 1. The first-order valence-corrected chi connectivity index (χ1v) is 4.94. The van der Waals surface area contributed by atoms with Crippen LogP contribution in [0, 0.1) is 0 Å². The van der Waals surface area contributed by atoms with Crippen LogP contribution < -0.4 is 11.1 Å². The Balaban J connectivity index is 2.38. The number of hydrogen-bond donors (Lipinski definition) is 2. The van der Waals surface area contributed by atoms with Gasteiger partial charge in [0, 0.05) is 12.6 Å². The number of likely N-dealkylation sites (tertiary alicyclic amines) is 1. The van der Waals surface area contributed by atoms with Crippen molar-refractivity contribution < 1.29 is 9.59 Å². The molecule has 0 radical (unpaired) electrons. The normalized spacial score (nSPS) is 21.8. The van der Waals surface area contributed by atoms with Gasteiger partial charge in [0.15, 0.2) is 0 Å². The summed E-state index contributed by atoms with van der Waals surface area (Å²) in [7, 11) is 0. The molecular formula is C9H17N3O2. The number of primary amides is 1. The SMILES string of the molecule is CC1CCCCN1C(=O)CNC(N)=O. The standard InChI is InChI=1S/C9H17N3O2/c1-7-4-2-3-5-12(7)8(13)6-11-9(10)14/h7H,2-6H2,1H3,(H3,10,11,14). The lowest BCUT2D eigenvalue weighted by molar-refractivity contribution is -0.133. The molecule has 5 nitrogen and oxygen atoms in total. The summed E-state index contributed by atoms with van der Waals surface area (Å²) in [6.45, 7) is 2.83. The second kappa shape index (κ2) is 4.83. The van der Waals surface area contributed by atoms with Crippen LogP contribution in [0.4, 0.5) is 4.79 Å². The largest absolute Gasteiger partial charge is 0.352 e. The zero-order valence-corrected chi connectivity index (χ0v) is 8.45. The average molecular weight is 199 g/mol. The molecule has 0 spiro atoms. The maximum absolute atomic E-state index is 11.6. The number of rotatable bonds is 2. The van der Waals surface area contributed by atoms with Crippen LogP contribution in [-0.2, 0) is 4.79 Å². The van der Waals surface area contributed by atoms with Crippen LogP contribution in [-0.4, -0.2) is 36.0 Å². The molecule has 0 aromatic heterocycles. The fourth-order valence-electron chi connectivity index (χ4n) is 1.73. The van der Waals surface area contributed by atoms with Gasteiger partial charge in [0.2, 0.25) is 5.91 Å². The summed E-state index contributed by atoms with van der Waals surface area (Å²) >= 11 is 0. The quantitative estimate of drug-likeness (QED) is 0.659. The Morgan fingerprint density at radius 1 is 1.50 bits per heavy atom. The van der Waals surface area contributed by atoms with Crippen molar-refractivity contribution in [3.63, 3.8) is 0 Å². The molecule has 1 aliphatic heterocycles. The molecule has 1 aliphatic rings. The van der Waals surface area contributed by atoms with Crippen molar-refractivity contribution in [2.75, 3.05) is 13.1 Å². The van der Waals surface area contributed by atoms with E-state index in [4.69, 9.17) is 5.73 Å². The van der Waals surface area contributed by atoms with E-state index in [2.05, 4.69) is 5.32 Å². The lowest BCUT2D eigenvalue weighted by Crippen LogP contribution is -2.47. The van der Waals surface area contributed by atoms with Gasteiger partial charge in [-0.1, -0.05) is 0 Å². The molecule has 1 atom stereocenters. The first kappa shape index (κ1) is 10.8. The molecule has 0 bridgehead atoms. The third-order valence-electron chi connectivity index (χ3n) is 2.54. The highest BCUT2D eigenvalue weighted by atomic mass is 16.2. The van der Waals surface area contributed by atoms with E-state index in [1.165, 1.54) is 6.42 Å². The first-order chi connectivity index (χ1) is 6.61. The smallest absolute Gasteiger partial charge is 0.312 e. The number of carbonyl (C=O) groups is 2. The summed E-state index contributed by atoms with van der Waals surface area (Å²) in [5, 5.41) is 2.31. The van der Waals surface area contributed by atoms with Crippen molar-refractivity contribution >= 4 is 11.9 Å². The van der Waals surface area contributed by atoms with E-state index >= 15 is 0 Å². The number of nitrogens with zero attached hydrogens (tertiary/aromatic N) is 1. The molecule has 1 unspecified atom stereocenters. The third-order valence-corrected chi connectivity index (χ3v) is 2.54. The number of amides is 3. The molecule has 0 aromatic rings. The van der Waals surface area contributed by atoms with Crippen LogP contribution in [0.25, 0.3) is 0 Å². The Morgan fingerprint density at radius 3 is 2.79 bits per heavy atom. The molecule has 1 heterocycles. The molecule has 3 N–H and O–H groups in total. The highest BCUT2D eigenvalue weighted by molar-refractivity contribution is 5.83. The fraction of sp³-hybridized carbons (Fsp3) is 0.778. The van der Waals surface area contributed by atoms with E-state index in [1.807, 2.05) is 6.92 Å². The molecule has 5 heteroatoms. The van der Waals surface area contributed by atoms with Crippen molar-refractivity contribution in [1.82, 2.24) is 10.2 Å². The molecule has 1 saturated heterocycles. The van der Waals surface area contributed by atoms with Gasteiger partial charge in [0.05, 0.1) is 6.54 Å². The molecule has 0 aliphatic carbocycles. The summed E-state index contributed by atoms with van der Waals surface area (Å²) in [4.78, 5) is 23.8. The number of nitrogens with one attached hydrogen (secondary N) is 1. The molecule has 14 heavy (non-hydrogen) atoms. The fourth-order valence-corrected chi connectivity index (χ4v) is 1.73. The summed E-state index contributed by atoms with van der Waals surface area (Å²) in [6.07, 6.45) is 3.27. The second-order valence-electron chi connectivity index (χ2n) is 3.65. The lowest BCUT2D eigenvalue weighted by Gasteiger charge is -2.33. The molecule has 80 valence electrons. The Hall–Kier alpha value is -1.26. The number of piperidine rings is 1. The Labute approximate surface area is 83.6 Å². The van der Waals surface area contributed by atoms with Gasteiger partial charge in [-0.15, -0.1) is 0 Å². The van der Waals surface area contributed by atoms with Gasteiger partial charge < -0.3 is 16.0 Å². The van der Waals surface area contributed by atoms with Crippen molar-refractivity contribution in [3.05, 3.63) is 0 Å². The predicted molar refractivity (Wildman–Crippen MR) is 52.6 cm³/mol. The Morgan fingerprint density at radius 2 is 2.21 bits per heavy atom. The maximum atomic E-state index is 11.6. The number of urea groups is 1. The zero-order valence-electron chi connectivity index (χ0n) is 8.45. The van der Waals surface area contributed by atoms with E-state index in [0.717, 1.165) is 19.4 Å². The Kier molecular flexibility index (Phi) is 3.73. The number of hydrogen-bond acceptors (Lipinski definition) is 2. The van der Waals surface area contributed by atoms with Gasteiger partial charge in [-0.3, -0.25) is 4.79 Å². The van der Waals surface area contributed by atoms with Gasteiger partial charge in [0.1, 0.15) is 0 Å². The highest BCUT2D eigenvalue weighted by Crippen LogP contribution is 2.15. The van der Waals surface area contributed by atoms with E-state index in [0.29, 0.717) is 0 Å². The summed E-state index contributed by atoms with van der Waals surface area (Å²) in [5.74, 6) is -0.0454. The van der Waals surface area contributed by atoms with Crippen molar-refractivity contribution in [2.45, 2.75) is 32.2 Å². The van der Waals surface area contributed by atoms with Gasteiger partial charge in [-0.05, 0) is 26.2 Å². The minimum absolute atomic E-state index is 0.0136. The van der Waals surface area contributed by atoms with Crippen LogP contribution in [0.1, 0.15) is 26.2 Å². The van der Waals surface area contributed by atoms with Crippen molar-refractivity contribution in [2.24, 2.45) is 5.73 Å². The van der Waals surface area contributed by atoms with Crippen molar-refractivity contribution in [1.29, 1.82) is 0 Å². The van der Waals surface area contributed by atoms with E-state index in [-0.39, 0.29) is 18.5 Å². The highest BCUT2D eigenvalue weighted by Gasteiger charge is 2.22. The summed E-state index contributed by atoms with van der Waals surface area (Å²) < 4.78 is 0. The summed E-state index contributed by atoms with van der Waals surface area (Å²) in [6, 6.07) is -0.367. The van der Waals surface area contributed by atoms with E-state index < -0.39 is 6.03 Å². The van der Waals surface area contributed by atoms with E-state index in [1.54, 1.807) is 4.90 Å². The van der Waals surface area contributed by atoms with Gasteiger partial charge >= 0.3 is 6.03 Å². The molecule has 3 amide bonds. The van der Waals surface area contributed by atoms with Crippen LogP contribution in [0.5, 0.6) is 0 Å². The average Bonchev–Trinajstić information content (AvgIpc) is 2.15. The monoisotopic (exact) mass is 199 g/mol. The summed E-state index contributed by atoms with van der Waals surface area (Å²) in [5.41, 5.74) is 4.88. The lowest BCUT2D eigenvalue weighted by atomic mass is 10.0. The Bertz CT molecular complexity index is 230. The molecular weight excluding hydrogens is 182 g/mol. The van der Waals surface area contributed by atoms with Gasteiger partial charge in [0.25, 0.3) is 0 Å². The predicted octanol–water partition coefficient (Wildman–Crippen LogP) is 0.0557. The van der Waals surface area contributed by atoms with Crippen LogP contribution in [0.2, 0.25) is 0 Å². The van der Waals surface area contributed by atoms with Crippen LogP contribution in [0.15, 0.2) is 0 Å². The third kappa shape index (κ3) is 2.90. The zero-order chi connectivity index (χ0) is 10.6. The first-order valence-electron chi connectivity index (χ1n) is 4.94. The minimum atomic E-state index is -0.650. The van der Waals surface area contributed by atoms with Gasteiger partial charge in [-0.2, -0.15) is 0 Å². The molecule has 0 aromatic carbocycles. The van der Waals surface area contributed by atoms with E-state index in [9.17, 15) is 9.59 Å². The topological polar surface area (TPSA) is 75.4 Å². The van der Waals surface area contributed by atoms with Crippen LogP contribution >= 0.6 is 0 Å².